The van der Waals surface area contributed by atoms with Gasteiger partial charge in [-0.1, -0.05) is 6.92 Å². The first-order valence-corrected chi connectivity index (χ1v) is 7.98. The molecule has 0 amide bonds. The predicted molar refractivity (Wildman–Crippen MR) is 73.8 cm³/mol. The van der Waals surface area contributed by atoms with Crippen LogP contribution in [-0.2, 0) is 20.6 Å². The lowest BCUT2D eigenvalue weighted by Crippen LogP contribution is -2.41. The number of H-pyrrole nitrogens is 1. The zero-order chi connectivity index (χ0) is 14.6. The molecule has 110 valence electrons. The number of likely N-dealkylation sites (N-methyl/N-ethyl adjacent to an activating group) is 1. The van der Waals surface area contributed by atoms with Crippen LogP contribution in [0.25, 0.3) is 0 Å². The van der Waals surface area contributed by atoms with Crippen molar-refractivity contribution < 1.29 is 13.2 Å². The number of aromatic nitrogens is 2. The molecule has 1 rings (SSSR count). The maximum absolute atomic E-state index is 12.7. The lowest BCUT2D eigenvalue weighted by molar-refractivity contribution is 0.142. The van der Waals surface area contributed by atoms with E-state index < -0.39 is 10.0 Å². The lowest BCUT2D eigenvalue weighted by Gasteiger charge is -2.26. The summed E-state index contributed by atoms with van der Waals surface area (Å²) >= 11 is 5.75. The van der Waals surface area contributed by atoms with E-state index in [1.165, 1.54) is 4.31 Å². The number of nitrogens with zero attached hydrogens (tertiary/aromatic N) is 2. The normalized spacial score (nSPS) is 14.0. The van der Waals surface area contributed by atoms with Crippen molar-refractivity contribution in [2.75, 3.05) is 20.3 Å². The number of nitrogens with one attached hydrogen (secondary N) is 1. The summed E-state index contributed by atoms with van der Waals surface area (Å²) in [5.74, 6) is 0.0507. The van der Waals surface area contributed by atoms with Crippen molar-refractivity contribution in [1.82, 2.24) is 14.5 Å². The van der Waals surface area contributed by atoms with Crippen LogP contribution in [0.2, 0.25) is 0 Å². The van der Waals surface area contributed by atoms with Crippen LogP contribution in [0, 0.1) is 6.92 Å². The fourth-order valence-corrected chi connectivity index (χ4v) is 4.29. The summed E-state index contributed by atoms with van der Waals surface area (Å²) in [6.45, 7) is 5.96. The van der Waals surface area contributed by atoms with Crippen molar-refractivity contribution >= 4 is 21.6 Å². The number of methoxy groups -OCH3 is 1. The molecule has 0 radical (unpaired) electrons. The summed E-state index contributed by atoms with van der Waals surface area (Å²) in [6, 6.07) is -0.252. The Kier molecular flexibility index (Phi) is 5.79. The third kappa shape index (κ3) is 3.28. The molecule has 1 heterocycles. The number of aromatic amines is 1. The van der Waals surface area contributed by atoms with Crippen LogP contribution in [0.15, 0.2) is 4.90 Å². The minimum absolute atomic E-state index is 0.0507. The quantitative estimate of drug-likeness (QED) is 0.775. The van der Waals surface area contributed by atoms with E-state index in [4.69, 9.17) is 16.3 Å². The Balaban J connectivity index is 3.24. The van der Waals surface area contributed by atoms with Gasteiger partial charge in [-0.05, 0) is 13.8 Å². The minimum atomic E-state index is -3.63. The highest BCUT2D eigenvalue weighted by Crippen LogP contribution is 2.24. The van der Waals surface area contributed by atoms with Gasteiger partial charge in [0.05, 0.1) is 23.9 Å². The molecule has 6 nitrogen and oxygen atoms in total. The van der Waals surface area contributed by atoms with Gasteiger partial charge < -0.3 is 4.74 Å². The van der Waals surface area contributed by atoms with E-state index in [1.807, 2.05) is 0 Å². The van der Waals surface area contributed by atoms with Crippen LogP contribution in [0.3, 0.4) is 0 Å². The molecular formula is C11H20ClN3O3S. The molecule has 0 aromatic carbocycles. The molecule has 1 aromatic heterocycles. The van der Waals surface area contributed by atoms with Gasteiger partial charge in [0, 0.05) is 19.7 Å². The topological polar surface area (TPSA) is 75.3 Å². The fourth-order valence-electron chi connectivity index (χ4n) is 2.06. The van der Waals surface area contributed by atoms with Crippen molar-refractivity contribution in [3.05, 3.63) is 11.4 Å². The Labute approximate surface area is 119 Å². The fraction of sp³-hybridized carbons (Fsp3) is 0.727. The van der Waals surface area contributed by atoms with E-state index in [9.17, 15) is 8.42 Å². The van der Waals surface area contributed by atoms with Gasteiger partial charge in [-0.25, -0.2) is 8.42 Å². The van der Waals surface area contributed by atoms with Gasteiger partial charge in [0.25, 0.3) is 0 Å². The van der Waals surface area contributed by atoms with Gasteiger partial charge >= 0.3 is 0 Å². The first-order chi connectivity index (χ1) is 8.89. The molecule has 0 aliphatic heterocycles. The van der Waals surface area contributed by atoms with Gasteiger partial charge in [-0.2, -0.15) is 9.40 Å². The summed E-state index contributed by atoms with van der Waals surface area (Å²) < 4.78 is 31.8. The summed E-state index contributed by atoms with van der Waals surface area (Å²) in [5.41, 5.74) is 0.848. The Morgan fingerprint density at radius 1 is 1.53 bits per heavy atom. The van der Waals surface area contributed by atoms with Gasteiger partial charge in [0.2, 0.25) is 10.0 Å². The number of hydrogen-bond donors (Lipinski definition) is 1. The molecule has 0 spiro atoms. The molecule has 0 bridgehead atoms. The van der Waals surface area contributed by atoms with Crippen molar-refractivity contribution in [3.63, 3.8) is 0 Å². The Bertz CT molecular complexity index is 515. The van der Waals surface area contributed by atoms with E-state index in [-0.39, 0.29) is 16.8 Å². The summed E-state index contributed by atoms with van der Waals surface area (Å²) in [7, 11) is -2.08. The maximum Gasteiger partial charge on any atom is 0.247 e. The summed E-state index contributed by atoms with van der Waals surface area (Å²) in [5, 5.41) is 6.60. The minimum Gasteiger partial charge on any atom is -0.383 e. The van der Waals surface area contributed by atoms with Gasteiger partial charge in [0.1, 0.15) is 4.90 Å². The average molecular weight is 310 g/mol. The molecule has 0 aliphatic carbocycles. The van der Waals surface area contributed by atoms with E-state index in [1.54, 1.807) is 27.9 Å². The number of alkyl halides is 1. The Morgan fingerprint density at radius 3 is 2.63 bits per heavy atom. The second-order valence-electron chi connectivity index (χ2n) is 4.27. The first-order valence-electron chi connectivity index (χ1n) is 6.00. The number of sulfonamides is 1. The number of ether oxygens (including phenoxy) is 1. The first kappa shape index (κ1) is 16.4. The van der Waals surface area contributed by atoms with E-state index in [0.717, 1.165) is 0 Å². The second kappa shape index (κ2) is 6.69. The molecule has 1 aromatic rings. The lowest BCUT2D eigenvalue weighted by atomic mass is 10.4. The van der Waals surface area contributed by atoms with Crippen molar-refractivity contribution in [2.24, 2.45) is 0 Å². The molecule has 0 aliphatic rings. The molecule has 8 heteroatoms. The molecule has 1 unspecified atom stereocenters. The summed E-state index contributed by atoms with van der Waals surface area (Å²) in [6.07, 6.45) is 0. The van der Waals surface area contributed by atoms with E-state index in [0.29, 0.717) is 24.5 Å². The van der Waals surface area contributed by atoms with Crippen LogP contribution < -0.4 is 0 Å². The molecule has 0 fully saturated rings. The van der Waals surface area contributed by atoms with Gasteiger partial charge in [-0.15, -0.1) is 11.6 Å². The van der Waals surface area contributed by atoms with Crippen LogP contribution in [0.4, 0.5) is 0 Å². The van der Waals surface area contributed by atoms with Crippen LogP contribution in [-0.4, -0.2) is 49.2 Å². The maximum atomic E-state index is 12.7. The average Bonchev–Trinajstić information content (AvgIpc) is 2.71. The van der Waals surface area contributed by atoms with Gasteiger partial charge in [-0.3, -0.25) is 5.10 Å². The third-order valence-electron chi connectivity index (χ3n) is 2.87. The largest absolute Gasteiger partial charge is 0.383 e. The SMILES string of the molecule is CCN(C(C)COC)S(=O)(=O)c1c(CCl)n[nH]c1C. The predicted octanol–water partition coefficient (Wildman–Crippen LogP) is 1.50. The van der Waals surface area contributed by atoms with Crippen LogP contribution >= 0.6 is 11.6 Å². The number of halogens is 1. The van der Waals surface area contributed by atoms with Crippen molar-refractivity contribution in [3.8, 4) is 0 Å². The van der Waals surface area contributed by atoms with Crippen LogP contribution in [0.5, 0.6) is 0 Å². The molecule has 19 heavy (non-hydrogen) atoms. The molecule has 0 saturated carbocycles. The molecule has 1 atom stereocenters. The molecule has 0 saturated heterocycles. The standard InChI is InChI=1S/C11H20ClN3O3S/c1-5-15(8(2)7-18-4)19(16,17)11-9(3)13-14-10(11)6-12/h8H,5-7H2,1-4H3,(H,13,14). The third-order valence-corrected chi connectivity index (χ3v) is 5.41. The van der Waals surface area contributed by atoms with E-state index in [2.05, 4.69) is 10.2 Å². The van der Waals surface area contributed by atoms with Gasteiger partial charge in [0.15, 0.2) is 0 Å². The van der Waals surface area contributed by atoms with E-state index >= 15 is 0 Å². The number of aryl methyl sites for hydroxylation is 1. The zero-order valence-electron chi connectivity index (χ0n) is 11.6. The second-order valence-corrected chi connectivity index (χ2v) is 6.37. The van der Waals surface area contributed by atoms with Crippen LogP contribution in [0.1, 0.15) is 25.2 Å². The molecule has 1 N–H and O–H groups in total. The number of rotatable bonds is 7. The Hall–Kier alpha value is -0.630. The van der Waals surface area contributed by atoms with Crippen molar-refractivity contribution in [2.45, 2.75) is 37.6 Å². The van der Waals surface area contributed by atoms with Crippen molar-refractivity contribution in [1.29, 1.82) is 0 Å². The Morgan fingerprint density at radius 2 is 2.16 bits per heavy atom. The monoisotopic (exact) mass is 309 g/mol. The highest BCUT2D eigenvalue weighted by atomic mass is 35.5. The zero-order valence-corrected chi connectivity index (χ0v) is 13.2. The smallest absolute Gasteiger partial charge is 0.247 e. The summed E-state index contributed by atoms with van der Waals surface area (Å²) in [4.78, 5) is 0.173. The highest BCUT2D eigenvalue weighted by Gasteiger charge is 2.32. The molecular weight excluding hydrogens is 290 g/mol. The number of hydrogen-bond acceptors (Lipinski definition) is 4. The highest BCUT2D eigenvalue weighted by molar-refractivity contribution is 7.89.